The van der Waals surface area contributed by atoms with Gasteiger partial charge in [0.2, 0.25) is 0 Å². The Bertz CT molecular complexity index is 511. The van der Waals surface area contributed by atoms with Gasteiger partial charge in [-0.05, 0) is 33.0 Å². The number of aromatic nitrogens is 1. The van der Waals surface area contributed by atoms with Crippen LogP contribution in [-0.4, -0.2) is 65.1 Å². The van der Waals surface area contributed by atoms with Crippen LogP contribution in [0.4, 0.5) is 4.79 Å². The second kappa shape index (κ2) is 6.86. The van der Waals surface area contributed by atoms with Crippen molar-refractivity contribution >= 4 is 23.3 Å². The number of thiazole rings is 1. The summed E-state index contributed by atoms with van der Waals surface area (Å²) in [4.78, 5) is 30.8. The predicted octanol–water partition coefficient (Wildman–Crippen LogP) is 1.08. The third kappa shape index (κ3) is 4.15. The number of hydrogen-bond donors (Lipinski definition) is 2. The minimum absolute atomic E-state index is 0.0212. The van der Waals surface area contributed by atoms with E-state index in [4.69, 9.17) is 5.11 Å². The monoisotopic (exact) mass is 312 g/mol. The van der Waals surface area contributed by atoms with E-state index in [2.05, 4.69) is 22.2 Å². The van der Waals surface area contributed by atoms with Crippen molar-refractivity contribution in [1.82, 2.24) is 20.1 Å². The summed E-state index contributed by atoms with van der Waals surface area (Å²) in [5, 5.41) is 13.7. The van der Waals surface area contributed by atoms with Crippen LogP contribution in [0.5, 0.6) is 0 Å². The lowest BCUT2D eigenvalue weighted by Gasteiger charge is -2.35. The summed E-state index contributed by atoms with van der Waals surface area (Å²) in [6.07, 6.45) is 1.95. The van der Waals surface area contributed by atoms with E-state index >= 15 is 0 Å². The average Bonchev–Trinajstić information content (AvgIpc) is 2.94. The predicted molar refractivity (Wildman–Crippen MR) is 79.6 cm³/mol. The summed E-state index contributed by atoms with van der Waals surface area (Å²) < 4.78 is 0. The van der Waals surface area contributed by atoms with Gasteiger partial charge in [-0.25, -0.2) is 14.6 Å². The Balaban J connectivity index is 1.81. The molecule has 0 atom stereocenters. The molecular formula is C13H20N4O3S. The van der Waals surface area contributed by atoms with Crippen LogP contribution in [0, 0.1) is 0 Å². The summed E-state index contributed by atoms with van der Waals surface area (Å²) in [7, 11) is 3.88. The molecule has 1 aliphatic rings. The van der Waals surface area contributed by atoms with E-state index < -0.39 is 5.97 Å². The molecule has 0 saturated carbocycles. The molecule has 0 bridgehead atoms. The van der Waals surface area contributed by atoms with Crippen LogP contribution in [0.25, 0.3) is 0 Å². The Morgan fingerprint density at radius 3 is 2.76 bits per heavy atom. The molecule has 0 aliphatic carbocycles. The molecule has 1 aromatic heterocycles. The lowest BCUT2D eigenvalue weighted by Crippen LogP contribution is -2.47. The molecule has 2 amide bonds. The van der Waals surface area contributed by atoms with Crippen molar-refractivity contribution in [3.63, 3.8) is 0 Å². The van der Waals surface area contributed by atoms with Crippen molar-refractivity contribution in [3.8, 4) is 0 Å². The fraction of sp³-hybridized carbons (Fsp3) is 0.615. The molecule has 2 heterocycles. The van der Waals surface area contributed by atoms with Crippen LogP contribution in [0.15, 0.2) is 5.38 Å². The maximum atomic E-state index is 12.1. The van der Waals surface area contributed by atoms with Gasteiger partial charge >= 0.3 is 12.0 Å². The number of nitrogens with one attached hydrogen (secondary N) is 1. The van der Waals surface area contributed by atoms with Gasteiger partial charge in [-0.3, -0.25) is 0 Å². The summed E-state index contributed by atoms with van der Waals surface area (Å²) in [5.41, 5.74) is 0.0212. The van der Waals surface area contributed by atoms with E-state index in [-0.39, 0.29) is 24.3 Å². The third-order valence-corrected chi connectivity index (χ3v) is 4.57. The number of carboxylic acids is 1. The number of nitrogens with zero attached hydrogens (tertiary/aromatic N) is 3. The van der Waals surface area contributed by atoms with Gasteiger partial charge in [-0.1, -0.05) is 0 Å². The number of carbonyl (C=O) groups excluding carboxylic acids is 1. The average molecular weight is 312 g/mol. The Hall–Kier alpha value is -1.67. The zero-order valence-electron chi connectivity index (χ0n) is 12.2. The smallest absolute Gasteiger partial charge is 0.355 e. The van der Waals surface area contributed by atoms with Crippen molar-refractivity contribution in [2.24, 2.45) is 0 Å². The number of carbonyl (C=O) groups is 2. The van der Waals surface area contributed by atoms with Gasteiger partial charge in [0.15, 0.2) is 5.69 Å². The fourth-order valence-corrected chi connectivity index (χ4v) is 3.02. The van der Waals surface area contributed by atoms with Crippen LogP contribution in [0.3, 0.4) is 0 Å². The molecule has 1 aromatic rings. The third-order valence-electron chi connectivity index (χ3n) is 3.72. The molecular weight excluding hydrogens is 292 g/mol. The number of piperidine rings is 1. The maximum Gasteiger partial charge on any atom is 0.355 e. The van der Waals surface area contributed by atoms with Gasteiger partial charge in [0.05, 0.1) is 6.54 Å². The number of likely N-dealkylation sites (tertiary alicyclic amines) is 1. The summed E-state index contributed by atoms with van der Waals surface area (Å²) in [6, 6.07) is 0.115. The molecule has 0 aromatic carbocycles. The molecule has 7 nitrogen and oxygen atoms in total. The van der Waals surface area contributed by atoms with E-state index in [0.717, 1.165) is 25.9 Å². The molecule has 0 radical (unpaired) electrons. The second-order valence-corrected chi connectivity index (χ2v) is 6.18. The van der Waals surface area contributed by atoms with Crippen LogP contribution >= 0.6 is 11.3 Å². The van der Waals surface area contributed by atoms with E-state index in [9.17, 15) is 9.59 Å². The lowest BCUT2D eigenvalue weighted by atomic mass is 10.0. The van der Waals surface area contributed by atoms with Crippen LogP contribution in [-0.2, 0) is 6.54 Å². The quantitative estimate of drug-likeness (QED) is 0.869. The van der Waals surface area contributed by atoms with Crippen molar-refractivity contribution in [1.29, 1.82) is 0 Å². The number of hydrogen-bond acceptors (Lipinski definition) is 5. The largest absolute Gasteiger partial charge is 0.476 e. The van der Waals surface area contributed by atoms with E-state index in [1.807, 2.05) is 0 Å². The minimum atomic E-state index is -1.05. The molecule has 2 rings (SSSR count). The standard InChI is InChI=1S/C13H20N4O3S/c1-16-5-3-9(4-6-16)17(2)13(20)14-7-11-15-10(8-21-11)12(18)19/h8-9H,3-7H2,1-2H3,(H,14,20)(H,18,19). The molecule has 8 heteroatoms. The first kappa shape index (κ1) is 15.7. The zero-order valence-corrected chi connectivity index (χ0v) is 13.0. The Labute approximate surface area is 127 Å². The van der Waals surface area contributed by atoms with Crippen molar-refractivity contribution in [3.05, 3.63) is 16.1 Å². The molecule has 21 heavy (non-hydrogen) atoms. The number of aromatic carboxylic acids is 1. The molecule has 116 valence electrons. The van der Waals surface area contributed by atoms with Gasteiger partial charge in [0.25, 0.3) is 0 Å². The fourth-order valence-electron chi connectivity index (χ4n) is 2.31. The first-order chi connectivity index (χ1) is 9.97. The molecule has 1 aliphatic heterocycles. The summed E-state index contributed by atoms with van der Waals surface area (Å²) >= 11 is 1.24. The lowest BCUT2D eigenvalue weighted by molar-refractivity contribution is 0.0691. The highest BCUT2D eigenvalue weighted by Gasteiger charge is 2.23. The highest BCUT2D eigenvalue weighted by atomic mass is 32.1. The number of amides is 2. The summed E-state index contributed by atoms with van der Waals surface area (Å²) in [6.45, 7) is 2.25. The Morgan fingerprint density at radius 2 is 2.19 bits per heavy atom. The SMILES string of the molecule is CN1CCC(N(C)C(=O)NCc2nc(C(=O)O)cs2)CC1. The molecule has 0 spiro atoms. The van der Waals surface area contributed by atoms with Crippen LogP contribution < -0.4 is 5.32 Å². The minimum Gasteiger partial charge on any atom is -0.476 e. The highest BCUT2D eigenvalue weighted by molar-refractivity contribution is 7.09. The Kier molecular flexibility index (Phi) is 5.13. The van der Waals surface area contributed by atoms with Crippen molar-refractivity contribution in [2.75, 3.05) is 27.2 Å². The first-order valence-electron chi connectivity index (χ1n) is 6.84. The van der Waals surface area contributed by atoms with Crippen molar-refractivity contribution < 1.29 is 14.7 Å². The molecule has 1 saturated heterocycles. The van der Waals surface area contributed by atoms with Gasteiger partial charge in [-0.2, -0.15) is 0 Å². The second-order valence-electron chi connectivity index (χ2n) is 5.24. The van der Waals surface area contributed by atoms with E-state index in [0.29, 0.717) is 5.01 Å². The topological polar surface area (TPSA) is 85.8 Å². The first-order valence-corrected chi connectivity index (χ1v) is 7.72. The van der Waals surface area contributed by atoms with Crippen molar-refractivity contribution in [2.45, 2.75) is 25.4 Å². The van der Waals surface area contributed by atoms with E-state index in [1.165, 1.54) is 16.7 Å². The molecule has 2 N–H and O–H groups in total. The Morgan fingerprint density at radius 1 is 1.52 bits per heavy atom. The van der Waals surface area contributed by atoms with Crippen LogP contribution in [0.2, 0.25) is 0 Å². The maximum absolute atomic E-state index is 12.1. The van der Waals surface area contributed by atoms with Crippen LogP contribution in [0.1, 0.15) is 28.3 Å². The number of urea groups is 1. The van der Waals surface area contributed by atoms with Gasteiger partial charge in [0, 0.05) is 18.5 Å². The molecule has 1 fully saturated rings. The van der Waals surface area contributed by atoms with Gasteiger partial charge in [0.1, 0.15) is 5.01 Å². The number of carboxylic acid groups (broad SMARTS) is 1. The van der Waals surface area contributed by atoms with Gasteiger partial charge in [-0.15, -0.1) is 11.3 Å². The molecule has 0 unspecified atom stereocenters. The van der Waals surface area contributed by atoms with E-state index in [1.54, 1.807) is 11.9 Å². The van der Waals surface area contributed by atoms with Gasteiger partial charge < -0.3 is 20.2 Å². The highest BCUT2D eigenvalue weighted by Crippen LogP contribution is 2.14. The zero-order chi connectivity index (χ0) is 15.4. The number of rotatable bonds is 4. The normalized spacial score (nSPS) is 16.7. The summed E-state index contributed by atoms with van der Waals surface area (Å²) in [5.74, 6) is -1.05.